The molecule has 1 aliphatic carbocycles. The number of aliphatic hydroxyl groups excluding tert-OH is 1. The van der Waals surface area contributed by atoms with E-state index in [1.807, 2.05) is 31.6 Å². The number of nitrogens with zero attached hydrogens (tertiary/aromatic N) is 2. The molecule has 0 aromatic carbocycles. The normalized spacial score (nSPS) is 22.6. The maximum atomic E-state index is 12.5. The van der Waals surface area contributed by atoms with Crippen LogP contribution in [0.1, 0.15) is 39.7 Å². The van der Waals surface area contributed by atoms with Crippen LogP contribution in [0.3, 0.4) is 0 Å². The molecule has 2 aromatic rings. The average molecular weight is 305 g/mol. The van der Waals surface area contributed by atoms with Gasteiger partial charge in [0.15, 0.2) is 0 Å². The molecule has 21 heavy (non-hydrogen) atoms. The maximum Gasteiger partial charge on any atom is 0.262 e. The van der Waals surface area contributed by atoms with Crippen LogP contribution in [0.25, 0.3) is 0 Å². The van der Waals surface area contributed by atoms with E-state index in [0.717, 1.165) is 28.8 Å². The molecule has 1 atom stereocenters. The van der Waals surface area contributed by atoms with Crippen molar-refractivity contribution in [3.8, 4) is 0 Å². The summed E-state index contributed by atoms with van der Waals surface area (Å²) in [6, 6.07) is 1.86. The van der Waals surface area contributed by atoms with Crippen LogP contribution < -0.4 is 5.32 Å². The van der Waals surface area contributed by atoms with Crippen LogP contribution >= 0.6 is 11.3 Å². The third-order valence-electron chi connectivity index (χ3n) is 4.06. The molecule has 0 saturated heterocycles. The minimum Gasteiger partial charge on any atom is -0.393 e. The molecule has 5 nitrogen and oxygen atoms in total. The van der Waals surface area contributed by atoms with Gasteiger partial charge in [0, 0.05) is 18.8 Å². The fraction of sp³-hybridized carbons (Fsp3) is 0.467. The Labute approximate surface area is 127 Å². The Kier molecular flexibility index (Phi) is 3.82. The van der Waals surface area contributed by atoms with Crippen LogP contribution in [-0.2, 0) is 7.05 Å². The lowest BCUT2D eigenvalue weighted by atomic mass is 9.75. The van der Waals surface area contributed by atoms with Gasteiger partial charge < -0.3 is 10.4 Å². The van der Waals surface area contributed by atoms with E-state index in [2.05, 4.69) is 10.4 Å². The van der Waals surface area contributed by atoms with Crippen molar-refractivity contribution in [2.75, 3.05) is 0 Å². The highest BCUT2D eigenvalue weighted by Gasteiger charge is 2.36. The molecule has 0 spiro atoms. The van der Waals surface area contributed by atoms with Crippen LogP contribution in [0.15, 0.2) is 23.8 Å². The highest BCUT2D eigenvalue weighted by atomic mass is 32.1. The predicted octanol–water partition coefficient (Wildman–Crippen LogP) is 2.03. The number of amides is 1. The Hall–Kier alpha value is -1.66. The van der Waals surface area contributed by atoms with Gasteiger partial charge in [-0.05, 0) is 42.7 Å². The first-order chi connectivity index (χ1) is 10.0. The third kappa shape index (κ3) is 2.87. The molecule has 2 N–H and O–H groups in total. The average Bonchev–Trinajstić information content (AvgIpc) is 3.01. The van der Waals surface area contributed by atoms with Crippen molar-refractivity contribution >= 4 is 17.2 Å². The van der Waals surface area contributed by atoms with Gasteiger partial charge in [0.1, 0.15) is 0 Å². The summed E-state index contributed by atoms with van der Waals surface area (Å²) in [5, 5.41) is 18.8. The van der Waals surface area contributed by atoms with Gasteiger partial charge in [0.05, 0.1) is 23.2 Å². The molecule has 112 valence electrons. The highest BCUT2D eigenvalue weighted by molar-refractivity contribution is 7.12. The maximum absolute atomic E-state index is 12.5. The molecule has 1 fully saturated rings. The zero-order chi connectivity index (χ0) is 15.0. The Morgan fingerprint density at radius 3 is 2.86 bits per heavy atom. The van der Waals surface area contributed by atoms with Crippen LogP contribution in [0.5, 0.6) is 0 Å². The number of thiophene rings is 1. The molecule has 3 rings (SSSR count). The molecule has 1 aliphatic rings. The number of hydrogen-bond acceptors (Lipinski definition) is 4. The van der Waals surface area contributed by atoms with Crippen LogP contribution in [0.4, 0.5) is 0 Å². The zero-order valence-corrected chi connectivity index (χ0v) is 12.9. The summed E-state index contributed by atoms with van der Waals surface area (Å²) in [5.74, 6) is 0.228. The molecular formula is C15H19N3O2S. The van der Waals surface area contributed by atoms with E-state index >= 15 is 0 Å². The highest BCUT2D eigenvalue weighted by Crippen LogP contribution is 2.38. The number of aryl methyl sites for hydroxylation is 2. The minimum absolute atomic E-state index is 0.0438. The van der Waals surface area contributed by atoms with Crippen LogP contribution in [0.2, 0.25) is 0 Å². The van der Waals surface area contributed by atoms with Gasteiger partial charge in [-0.3, -0.25) is 9.48 Å². The number of aliphatic hydroxyl groups is 1. The van der Waals surface area contributed by atoms with Crippen LogP contribution in [0, 0.1) is 12.8 Å². The number of hydrogen-bond donors (Lipinski definition) is 2. The fourth-order valence-corrected chi connectivity index (χ4v) is 3.62. The van der Waals surface area contributed by atoms with Crippen molar-refractivity contribution in [1.29, 1.82) is 0 Å². The summed E-state index contributed by atoms with van der Waals surface area (Å²) in [6.45, 7) is 1.94. The standard InChI is InChI=1S/C15H19N3O2S/c1-9-3-4-21-14(9)15(20)17-13(10-5-12(19)6-10)11-7-16-18(2)8-11/h3-4,7-8,10,12-13,19H,5-6H2,1-2H3,(H,17,20)/t10?,12?,13-/m0/s1. The first-order valence-electron chi connectivity index (χ1n) is 7.06. The van der Waals surface area contributed by atoms with E-state index < -0.39 is 0 Å². The molecule has 6 heteroatoms. The molecular weight excluding hydrogens is 286 g/mol. The number of carbonyl (C=O) groups excluding carboxylic acids is 1. The van der Waals surface area contributed by atoms with E-state index in [-0.39, 0.29) is 24.0 Å². The summed E-state index contributed by atoms with van der Waals surface area (Å²) in [5.41, 5.74) is 1.99. The molecule has 2 aromatic heterocycles. The van der Waals surface area contributed by atoms with Crippen molar-refractivity contribution in [2.24, 2.45) is 13.0 Å². The van der Waals surface area contributed by atoms with Crippen molar-refractivity contribution in [3.05, 3.63) is 39.8 Å². The van der Waals surface area contributed by atoms with E-state index in [0.29, 0.717) is 0 Å². The quantitative estimate of drug-likeness (QED) is 0.908. The lowest BCUT2D eigenvalue weighted by molar-refractivity contribution is 0.0235. The molecule has 1 amide bonds. The Balaban J connectivity index is 1.79. The first-order valence-corrected chi connectivity index (χ1v) is 7.94. The summed E-state index contributed by atoms with van der Waals surface area (Å²) in [6.07, 6.45) is 4.93. The summed E-state index contributed by atoms with van der Waals surface area (Å²) in [4.78, 5) is 13.2. The molecule has 0 bridgehead atoms. The SMILES string of the molecule is Cc1ccsc1C(=O)N[C@H](c1cnn(C)c1)C1CC(O)C1. The van der Waals surface area contributed by atoms with Crippen molar-refractivity contribution < 1.29 is 9.90 Å². The van der Waals surface area contributed by atoms with Gasteiger partial charge in [0.25, 0.3) is 5.91 Å². The Morgan fingerprint density at radius 1 is 1.57 bits per heavy atom. The molecule has 1 saturated carbocycles. The Bertz CT molecular complexity index is 643. The predicted molar refractivity (Wildman–Crippen MR) is 81.2 cm³/mol. The van der Waals surface area contributed by atoms with Gasteiger partial charge in [-0.15, -0.1) is 11.3 Å². The lowest BCUT2D eigenvalue weighted by Crippen LogP contribution is -2.41. The number of nitrogens with one attached hydrogen (secondary N) is 1. The number of carbonyl (C=O) groups is 1. The first kappa shape index (κ1) is 14.3. The van der Waals surface area contributed by atoms with E-state index in [1.54, 1.807) is 10.9 Å². The van der Waals surface area contributed by atoms with Gasteiger partial charge in [-0.25, -0.2) is 0 Å². The Morgan fingerprint density at radius 2 is 2.33 bits per heavy atom. The van der Waals surface area contributed by atoms with Gasteiger partial charge in [0.2, 0.25) is 0 Å². The van der Waals surface area contributed by atoms with E-state index in [1.165, 1.54) is 11.3 Å². The molecule has 0 aliphatic heterocycles. The zero-order valence-electron chi connectivity index (χ0n) is 12.1. The smallest absolute Gasteiger partial charge is 0.262 e. The number of rotatable bonds is 4. The second-order valence-corrected chi connectivity index (χ2v) is 6.63. The minimum atomic E-state index is -0.241. The monoisotopic (exact) mass is 305 g/mol. The van der Waals surface area contributed by atoms with E-state index in [9.17, 15) is 9.90 Å². The van der Waals surface area contributed by atoms with Gasteiger partial charge in [-0.1, -0.05) is 0 Å². The fourth-order valence-electron chi connectivity index (χ4n) is 2.79. The number of aromatic nitrogens is 2. The lowest BCUT2D eigenvalue weighted by Gasteiger charge is -2.37. The topological polar surface area (TPSA) is 67.2 Å². The largest absolute Gasteiger partial charge is 0.393 e. The van der Waals surface area contributed by atoms with Crippen molar-refractivity contribution in [2.45, 2.75) is 31.9 Å². The third-order valence-corrected chi connectivity index (χ3v) is 5.08. The second-order valence-electron chi connectivity index (χ2n) is 5.72. The van der Waals surface area contributed by atoms with Crippen molar-refractivity contribution in [1.82, 2.24) is 15.1 Å². The summed E-state index contributed by atoms with van der Waals surface area (Å²) in [7, 11) is 1.86. The van der Waals surface area contributed by atoms with Gasteiger partial charge in [-0.2, -0.15) is 5.10 Å². The van der Waals surface area contributed by atoms with Crippen molar-refractivity contribution in [3.63, 3.8) is 0 Å². The van der Waals surface area contributed by atoms with Gasteiger partial charge >= 0.3 is 0 Å². The second kappa shape index (κ2) is 5.61. The van der Waals surface area contributed by atoms with E-state index in [4.69, 9.17) is 0 Å². The summed E-state index contributed by atoms with van der Waals surface area (Å²) >= 11 is 1.46. The molecule has 2 heterocycles. The molecule has 0 unspecified atom stereocenters. The summed E-state index contributed by atoms with van der Waals surface area (Å²) < 4.78 is 1.74. The van der Waals surface area contributed by atoms with Crippen LogP contribution in [-0.4, -0.2) is 26.9 Å². The molecule has 0 radical (unpaired) electrons.